The third kappa shape index (κ3) is 3.32. The molecule has 2 unspecified atom stereocenters. The molecule has 0 aliphatic heterocycles. The van der Waals surface area contributed by atoms with E-state index in [9.17, 15) is 15.0 Å². The van der Waals surface area contributed by atoms with Gasteiger partial charge in [-0.25, -0.2) is 0 Å². The number of carbonyl (C=O) groups is 1. The number of fused-ring (bicyclic) bond motifs is 1. The second kappa shape index (κ2) is 6.56. The molecule has 0 saturated carbocycles. The fraction of sp³-hybridized carbons (Fsp3) is 0.312. The van der Waals surface area contributed by atoms with Gasteiger partial charge in [-0.15, -0.1) is 0 Å². The van der Waals surface area contributed by atoms with Crippen LogP contribution in [0.5, 0.6) is 5.75 Å². The quantitative estimate of drug-likeness (QED) is 0.777. The zero-order valence-electron chi connectivity index (χ0n) is 12.0. The second-order valence-electron chi connectivity index (χ2n) is 4.85. The van der Waals surface area contributed by atoms with E-state index in [-0.39, 0.29) is 12.5 Å². The molecule has 0 radical (unpaired) electrons. The van der Waals surface area contributed by atoms with E-state index in [1.165, 1.54) is 6.92 Å². The first-order chi connectivity index (χ1) is 10.0. The van der Waals surface area contributed by atoms with Crippen LogP contribution in [0.2, 0.25) is 0 Å². The summed E-state index contributed by atoms with van der Waals surface area (Å²) in [5.41, 5.74) is 0.601. The molecule has 2 aromatic carbocycles. The van der Waals surface area contributed by atoms with Crippen molar-refractivity contribution >= 4 is 16.7 Å². The Morgan fingerprint density at radius 2 is 1.86 bits per heavy atom. The lowest BCUT2D eigenvalue weighted by molar-refractivity contribution is -0.119. The number of benzene rings is 2. The molecule has 0 heterocycles. The van der Waals surface area contributed by atoms with Crippen LogP contribution >= 0.6 is 0 Å². The average molecular weight is 289 g/mol. The maximum Gasteiger partial charge on any atom is 0.216 e. The topological polar surface area (TPSA) is 78.8 Å². The Balaban J connectivity index is 2.35. The molecule has 112 valence electrons. The monoisotopic (exact) mass is 289 g/mol. The molecule has 0 fully saturated rings. The largest absolute Gasteiger partial charge is 0.496 e. The lowest BCUT2D eigenvalue weighted by atomic mass is 9.96. The van der Waals surface area contributed by atoms with Crippen molar-refractivity contribution in [2.24, 2.45) is 0 Å². The van der Waals surface area contributed by atoms with Crippen molar-refractivity contribution < 1.29 is 19.7 Å². The van der Waals surface area contributed by atoms with Gasteiger partial charge < -0.3 is 20.3 Å². The van der Waals surface area contributed by atoms with Crippen LogP contribution in [0.15, 0.2) is 36.4 Å². The van der Waals surface area contributed by atoms with Gasteiger partial charge in [-0.1, -0.05) is 30.3 Å². The molecule has 0 bridgehead atoms. The van der Waals surface area contributed by atoms with Gasteiger partial charge in [-0.3, -0.25) is 4.79 Å². The smallest absolute Gasteiger partial charge is 0.216 e. The summed E-state index contributed by atoms with van der Waals surface area (Å²) in [6.45, 7) is 1.36. The van der Waals surface area contributed by atoms with Gasteiger partial charge in [0.05, 0.1) is 7.11 Å². The fourth-order valence-corrected chi connectivity index (χ4v) is 2.30. The number of methoxy groups -OCH3 is 1. The predicted octanol–water partition coefficient (Wildman–Crippen LogP) is 1.38. The van der Waals surface area contributed by atoms with E-state index in [0.717, 1.165) is 10.8 Å². The van der Waals surface area contributed by atoms with Crippen molar-refractivity contribution in [2.45, 2.75) is 19.1 Å². The van der Waals surface area contributed by atoms with Gasteiger partial charge >= 0.3 is 0 Å². The Morgan fingerprint density at radius 1 is 1.19 bits per heavy atom. The fourth-order valence-electron chi connectivity index (χ4n) is 2.30. The first kappa shape index (κ1) is 15.3. The summed E-state index contributed by atoms with van der Waals surface area (Å²) >= 11 is 0. The van der Waals surface area contributed by atoms with Crippen molar-refractivity contribution in [3.63, 3.8) is 0 Å². The highest BCUT2D eigenvalue weighted by Crippen LogP contribution is 2.32. The molecule has 5 nitrogen and oxygen atoms in total. The van der Waals surface area contributed by atoms with Gasteiger partial charge in [-0.05, 0) is 17.0 Å². The minimum Gasteiger partial charge on any atom is -0.496 e. The molecule has 0 saturated heterocycles. The van der Waals surface area contributed by atoms with Gasteiger partial charge in [0.25, 0.3) is 0 Å². The van der Waals surface area contributed by atoms with Crippen LogP contribution < -0.4 is 10.1 Å². The summed E-state index contributed by atoms with van der Waals surface area (Å²) < 4.78 is 5.30. The molecule has 0 aromatic heterocycles. The first-order valence-corrected chi connectivity index (χ1v) is 6.70. The van der Waals surface area contributed by atoms with Crippen molar-refractivity contribution in [3.8, 4) is 5.75 Å². The molecule has 0 aliphatic carbocycles. The maximum absolute atomic E-state index is 10.9. The highest BCUT2D eigenvalue weighted by Gasteiger charge is 2.21. The van der Waals surface area contributed by atoms with Gasteiger partial charge in [0.15, 0.2) is 0 Å². The summed E-state index contributed by atoms with van der Waals surface area (Å²) in [6, 6.07) is 11.0. The lowest BCUT2D eigenvalue weighted by Crippen LogP contribution is -2.34. The zero-order valence-corrected chi connectivity index (χ0v) is 12.0. The molecule has 2 rings (SSSR count). The number of aliphatic hydroxyl groups excluding tert-OH is 2. The number of nitrogens with one attached hydrogen (secondary N) is 1. The SMILES string of the molecule is COc1ccc(C(O)C(O)CNC(C)=O)c2ccccc12. The summed E-state index contributed by atoms with van der Waals surface area (Å²) in [6.07, 6.45) is -2.17. The molecule has 1 amide bonds. The first-order valence-electron chi connectivity index (χ1n) is 6.70. The summed E-state index contributed by atoms with van der Waals surface area (Å²) in [4.78, 5) is 10.9. The van der Waals surface area contributed by atoms with Gasteiger partial charge in [0.1, 0.15) is 18.0 Å². The number of carbonyl (C=O) groups excluding carboxylic acids is 1. The Hall–Kier alpha value is -2.11. The average Bonchev–Trinajstić information content (AvgIpc) is 2.50. The molecule has 5 heteroatoms. The standard InChI is InChI=1S/C16H19NO4/c1-10(18)17-9-14(19)16(20)13-7-8-15(21-2)12-6-4-3-5-11(12)13/h3-8,14,16,19-20H,9H2,1-2H3,(H,17,18). The third-order valence-electron chi connectivity index (χ3n) is 3.38. The Labute approximate surface area is 123 Å². The van der Waals surface area contributed by atoms with E-state index in [4.69, 9.17) is 4.74 Å². The van der Waals surface area contributed by atoms with Gasteiger partial charge in [0.2, 0.25) is 5.91 Å². The molecule has 3 N–H and O–H groups in total. The van der Waals surface area contributed by atoms with E-state index >= 15 is 0 Å². The van der Waals surface area contributed by atoms with Crippen LogP contribution in [0.25, 0.3) is 10.8 Å². The number of amides is 1. The minimum absolute atomic E-state index is 0.00312. The minimum atomic E-state index is -1.09. The highest BCUT2D eigenvalue weighted by atomic mass is 16.5. The zero-order chi connectivity index (χ0) is 15.4. The molecule has 0 spiro atoms. The maximum atomic E-state index is 10.9. The van der Waals surface area contributed by atoms with Crippen LogP contribution in [0.3, 0.4) is 0 Å². The van der Waals surface area contributed by atoms with E-state index in [1.54, 1.807) is 19.2 Å². The molecule has 2 atom stereocenters. The van der Waals surface area contributed by atoms with E-state index in [0.29, 0.717) is 11.3 Å². The summed E-state index contributed by atoms with van der Waals surface area (Å²) in [5.74, 6) is 0.457. The Kier molecular flexibility index (Phi) is 4.77. The van der Waals surface area contributed by atoms with Crippen LogP contribution in [0, 0.1) is 0 Å². The van der Waals surface area contributed by atoms with Crippen molar-refractivity contribution in [2.75, 3.05) is 13.7 Å². The van der Waals surface area contributed by atoms with Crippen LogP contribution in [-0.4, -0.2) is 35.9 Å². The van der Waals surface area contributed by atoms with Crippen LogP contribution in [-0.2, 0) is 4.79 Å². The summed E-state index contributed by atoms with van der Waals surface area (Å²) in [7, 11) is 1.59. The number of hydrogen-bond donors (Lipinski definition) is 3. The van der Waals surface area contributed by atoms with E-state index < -0.39 is 12.2 Å². The number of rotatable bonds is 5. The molecular weight excluding hydrogens is 270 g/mol. The van der Waals surface area contributed by atoms with Gasteiger partial charge in [-0.2, -0.15) is 0 Å². The molecule has 0 aliphatic rings. The Morgan fingerprint density at radius 3 is 2.48 bits per heavy atom. The van der Waals surface area contributed by atoms with Crippen LogP contribution in [0.4, 0.5) is 0 Å². The van der Waals surface area contributed by atoms with Crippen molar-refractivity contribution in [1.82, 2.24) is 5.32 Å². The molecule has 21 heavy (non-hydrogen) atoms. The second-order valence-corrected chi connectivity index (χ2v) is 4.85. The molecular formula is C16H19NO4. The normalized spacial score (nSPS) is 13.7. The summed E-state index contributed by atoms with van der Waals surface area (Å²) in [5, 5.41) is 24.5. The number of ether oxygens (including phenoxy) is 1. The Bertz CT molecular complexity index is 641. The van der Waals surface area contributed by atoms with E-state index in [1.807, 2.05) is 24.3 Å². The van der Waals surface area contributed by atoms with Crippen LogP contribution in [0.1, 0.15) is 18.6 Å². The van der Waals surface area contributed by atoms with Gasteiger partial charge in [0, 0.05) is 18.9 Å². The number of hydrogen-bond acceptors (Lipinski definition) is 4. The highest BCUT2D eigenvalue weighted by molar-refractivity contribution is 5.91. The third-order valence-corrected chi connectivity index (χ3v) is 3.38. The van der Waals surface area contributed by atoms with Crippen molar-refractivity contribution in [1.29, 1.82) is 0 Å². The number of aliphatic hydroxyl groups is 2. The van der Waals surface area contributed by atoms with E-state index in [2.05, 4.69) is 5.32 Å². The lowest BCUT2D eigenvalue weighted by Gasteiger charge is -2.20. The molecule has 2 aromatic rings. The van der Waals surface area contributed by atoms with Crippen molar-refractivity contribution in [3.05, 3.63) is 42.0 Å². The predicted molar refractivity (Wildman–Crippen MR) is 80.2 cm³/mol.